The quantitative estimate of drug-likeness (QED) is 0.803. The lowest BCUT2D eigenvalue weighted by Crippen LogP contribution is -2.26. The molecule has 0 aliphatic carbocycles. The van der Waals surface area contributed by atoms with Crippen molar-refractivity contribution in [3.05, 3.63) is 54.1 Å². The number of anilines is 1. The number of benzene rings is 2. The molecule has 24 heavy (non-hydrogen) atoms. The van der Waals surface area contributed by atoms with E-state index in [0.717, 1.165) is 5.56 Å². The number of carbonyl (C=O) groups excluding carboxylic acids is 1. The molecule has 128 valence electrons. The summed E-state index contributed by atoms with van der Waals surface area (Å²) in [6, 6.07) is 13.9. The van der Waals surface area contributed by atoms with Crippen LogP contribution in [0.25, 0.3) is 0 Å². The molecule has 2 aromatic rings. The molecule has 0 atom stereocenters. The van der Waals surface area contributed by atoms with Crippen molar-refractivity contribution in [1.82, 2.24) is 4.72 Å². The Hall–Kier alpha value is -2.38. The summed E-state index contributed by atoms with van der Waals surface area (Å²) >= 11 is 0. The fourth-order valence-corrected chi connectivity index (χ4v) is 3.24. The second kappa shape index (κ2) is 7.94. The minimum absolute atomic E-state index is 0.0847. The van der Waals surface area contributed by atoms with E-state index < -0.39 is 10.0 Å². The van der Waals surface area contributed by atoms with E-state index in [1.165, 1.54) is 32.2 Å². The zero-order valence-electron chi connectivity index (χ0n) is 13.6. The maximum atomic E-state index is 12.4. The van der Waals surface area contributed by atoms with Gasteiger partial charge in [0.05, 0.1) is 17.7 Å². The van der Waals surface area contributed by atoms with Crippen LogP contribution in [0, 0.1) is 0 Å². The van der Waals surface area contributed by atoms with Crippen LogP contribution in [0.2, 0.25) is 0 Å². The van der Waals surface area contributed by atoms with Crippen LogP contribution < -0.4 is 14.8 Å². The van der Waals surface area contributed by atoms with Crippen molar-refractivity contribution >= 4 is 21.6 Å². The first-order chi connectivity index (χ1) is 11.4. The summed E-state index contributed by atoms with van der Waals surface area (Å²) < 4.78 is 32.5. The Kier molecular flexibility index (Phi) is 5.94. The molecule has 2 rings (SSSR count). The first-order valence-corrected chi connectivity index (χ1v) is 8.90. The van der Waals surface area contributed by atoms with Gasteiger partial charge in [-0.1, -0.05) is 30.3 Å². The van der Waals surface area contributed by atoms with Crippen LogP contribution in [-0.2, 0) is 21.2 Å². The van der Waals surface area contributed by atoms with Crippen molar-refractivity contribution < 1.29 is 17.9 Å². The predicted octanol–water partition coefficient (Wildman–Crippen LogP) is 2.17. The monoisotopic (exact) mass is 348 g/mol. The van der Waals surface area contributed by atoms with E-state index >= 15 is 0 Å². The van der Waals surface area contributed by atoms with Gasteiger partial charge < -0.3 is 10.1 Å². The summed E-state index contributed by atoms with van der Waals surface area (Å²) in [7, 11) is -2.23. The Bertz CT molecular complexity index is 805. The number of amides is 1. The lowest BCUT2D eigenvalue weighted by Gasteiger charge is -2.12. The van der Waals surface area contributed by atoms with E-state index in [0.29, 0.717) is 18.7 Å². The van der Waals surface area contributed by atoms with E-state index in [9.17, 15) is 13.2 Å². The minimum atomic E-state index is -3.65. The topological polar surface area (TPSA) is 84.5 Å². The van der Waals surface area contributed by atoms with Crippen LogP contribution in [0.1, 0.15) is 12.5 Å². The summed E-state index contributed by atoms with van der Waals surface area (Å²) in [5.74, 6) is 0.0287. The number of sulfonamides is 1. The van der Waals surface area contributed by atoms with Gasteiger partial charge in [-0.15, -0.1) is 0 Å². The molecule has 6 nitrogen and oxygen atoms in total. The van der Waals surface area contributed by atoms with Crippen LogP contribution in [0.15, 0.2) is 53.4 Å². The van der Waals surface area contributed by atoms with Crippen molar-refractivity contribution in [2.24, 2.45) is 0 Å². The van der Waals surface area contributed by atoms with Crippen LogP contribution >= 0.6 is 0 Å². The van der Waals surface area contributed by atoms with Gasteiger partial charge in [0.1, 0.15) is 5.75 Å². The van der Waals surface area contributed by atoms with E-state index in [2.05, 4.69) is 10.0 Å². The molecule has 2 aromatic carbocycles. The molecule has 0 bridgehead atoms. The largest absolute Gasteiger partial charge is 0.495 e. The minimum Gasteiger partial charge on any atom is -0.495 e. The average Bonchev–Trinajstić information content (AvgIpc) is 2.55. The Balaban J connectivity index is 2.09. The van der Waals surface area contributed by atoms with Crippen molar-refractivity contribution in [2.45, 2.75) is 18.2 Å². The zero-order chi connectivity index (χ0) is 17.6. The fraction of sp³-hybridized carbons (Fsp3) is 0.235. The lowest BCUT2D eigenvalue weighted by molar-refractivity contribution is -0.114. The highest BCUT2D eigenvalue weighted by Gasteiger charge is 2.16. The SMILES string of the molecule is COc1cc(S(=O)(=O)NCCc2ccccc2)ccc1NC(C)=O. The van der Waals surface area contributed by atoms with Gasteiger partial charge in [-0.3, -0.25) is 4.79 Å². The third kappa shape index (κ3) is 4.81. The van der Waals surface area contributed by atoms with E-state index in [1.807, 2.05) is 30.3 Å². The third-order valence-electron chi connectivity index (χ3n) is 3.34. The van der Waals surface area contributed by atoms with Gasteiger partial charge >= 0.3 is 0 Å². The molecule has 0 saturated heterocycles. The van der Waals surface area contributed by atoms with Crippen molar-refractivity contribution in [1.29, 1.82) is 0 Å². The lowest BCUT2D eigenvalue weighted by atomic mass is 10.2. The normalized spacial score (nSPS) is 11.1. The van der Waals surface area contributed by atoms with Gasteiger partial charge in [0.2, 0.25) is 15.9 Å². The molecule has 0 aliphatic heterocycles. The molecule has 0 unspecified atom stereocenters. The molecule has 0 saturated carbocycles. The van der Waals surface area contributed by atoms with Crippen molar-refractivity contribution in [3.63, 3.8) is 0 Å². The first kappa shape index (κ1) is 18.0. The van der Waals surface area contributed by atoms with E-state index in [4.69, 9.17) is 4.74 Å². The Labute approximate surface area is 141 Å². The Morgan fingerprint density at radius 1 is 1.12 bits per heavy atom. The van der Waals surface area contributed by atoms with Crippen LogP contribution in [0.5, 0.6) is 5.75 Å². The third-order valence-corrected chi connectivity index (χ3v) is 4.80. The number of carbonyl (C=O) groups is 1. The summed E-state index contributed by atoms with van der Waals surface area (Å²) in [6.07, 6.45) is 0.598. The highest BCUT2D eigenvalue weighted by molar-refractivity contribution is 7.89. The van der Waals surface area contributed by atoms with Gasteiger partial charge in [-0.05, 0) is 24.1 Å². The molecule has 1 amide bonds. The van der Waals surface area contributed by atoms with Crippen LogP contribution in [0.4, 0.5) is 5.69 Å². The molecule has 0 fully saturated rings. The predicted molar refractivity (Wildman–Crippen MR) is 92.6 cm³/mol. The number of rotatable bonds is 7. The Morgan fingerprint density at radius 3 is 2.46 bits per heavy atom. The summed E-state index contributed by atoms with van der Waals surface area (Å²) in [5, 5.41) is 2.59. The van der Waals surface area contributed by atoms with Crippen LogP contribution in [-0.4, -0.2) is 28.0 Å². The molecule has 0 aliphatic rings. The van der Waals surface area contributed by atoms with Gasteiger partial charge in [-0.2, -0.15) is 0 Å². The van der Waals surface area contributed by atoms with Gasteiger partial charge in [0, 0.05) is 19.5 Å². The molecule has 0 spiro atoms. The molecular weight excluding hydrogens is 328 g/mol. The van der Waals surface area contributed by atoms with Crippen molar-refractivity contribution in [3.8, 4) is 5.75 Å². The smallest absolute Gasteiger partial charge is 0.240 e. The highest BCUT2D eigenvalue weighted by atomic mass is 32.2. The highest BCUT2D eigenvalue weighted by Crippen LogP contribution is 2.27. The molecule has 0 aromatic heterocycles. The second-order valence-corrected chi connectivity index (χ2v) is 6.94. The number of methoxy groups -OCH3 is 1. The summed E-state index contributed by atoms with van der Waals surface area (Å²) in [6.45, 7) is 1.66. The van der Waals surface area contributed by atoms with Gasteiger partial charge in [0.25, 0.3) is 0 Å². The van der Waals surface area contributed by atoms with Crippen LogP contribution in [0.3, 0.4) is 0 Å². The molecular formula is C17H20N2O4S. The first-order valence-electron chi connectivity index (χ1n) is 7.41. The number of ether oxygens (including phenoxy) is 1. The standard InChI is InChI=1S/C17H20N2O4S/c1-13(20)19-16-9-8-15(12-17(16)23-2)24(21,22)18-11-10-14-6-4-3-5-7-14/h3-9,12,18H,10-11H2,1-2H3,(H,19,20). The maximum Gasteiger partial charge on any atom is 0.240 e. The van der Waals surface area contributed by atoms with Gasteiger partial charge in [-0.25, -0.2) is 13.1 Å². The van der Waals surface area contributed by atoms with Gasteiger partial charge in [0.15, 0.2) is 0 Å². The second-order valence-electron chi connectivity index (χ2n) is 5.18. The molecule has 0 radical (unpaired) electrons. The van der Waals surface area contributed by atoms with E-state index in [1.54, 1.807) is 0 Å². The molecule has 7 heteroatoms. The number of hydrogen-bond donors (Lipinski definition) is 2. The van der Waals surface area contributed by atoms with Crippen molar-refractivity contribution in [2.75, 3.05) is 19.0 Å². The van der Waals surface area contributed by atoms with E-state index in [-0.39, 0.29) is 16.6 Å². The average molecular weight is 348 g/mol. The summed E-state index contributed by atoms with van der Waals surface area (Å²) in [5.41, 5.74) is 1.48. The number of hydrogen-bond acceptors (Lipinski definition) is 4. The number of nitrogens with one attached hydrogen (secondary N) is 2. The summed E-state index contributed by atoms with van der Waals surface area (Å²) in [4.78, 5) is 11.2. The Morgan fingerprint density at radius 2 is 1.83 bits per heavy atom. The zero-order valence-corrected chi connectivity index (χ0v) is 14.4. The fourth-order valence-electron chi connectivity index (χ4n) is 2.19. The molecule has 0 heterocycles. The maximum absolute atomic E-state index is 12.4. The molecule has 2 N–H and O–H groups in total.